The van der Waals surface area contributed by atoms with Crippen LogP contribution in [0.5, 0.6) is 0 Å². The second kappa shape index (κ2) is 5.11. The van der Waals surface area contributed by atoms with Crippen molar-refractivity contribution >= 4 is 16.7 Å². The number of piperazine rings is 1. The van der Waals surface area contributed by atoms with Crippen molar-refractivity contribution in [3.63, 3.8) is 0 Å². The Kier molecular flexibility index (Phi) is 3.50. The van der Waals surface area contributed by atoms with Crippen LogP contribution in [-0.4, -0.2) is 58.2 Å². The number of rotatable bonds is 4. The van der Waals surface area contributed by atoms with Crippen LogP contribution in [0.2, 0.25) is 0 Å². The quantitative estimate of drug-likeness (QED) is 0.880. The number of anilines is 1. The Bertz CT molecular complexity index is 397. The Hall–Kier alpha value is -0.720. The first-order valence-corrected chi connectivity index (χ1v) is 7.48. The zero-order chi connectivity index (χ0) is 12.5. The van der Waals surface area contributed by atoms with E-state index in [2.05, 4.69) is 19.2 Å². The first-order valence-electron chi connectivity index (χ1n) is 6.71. The Balaban J connectivity index is 1.54. The van der Waals surface area contributed by atoms with Crippen LogP contribution in [0.25, 0.3) is 0 Å². The number of β-amino-alcohol motifs (C(OH)–C–C–N with tert-alkyl or cyclic N) is 1. The van der Waals surface area contributed by atoms with Crippen LogP contribution in [0.3, 0.4) is 0 Å². The van der Waals surface area contributed by atoms with Crippen molar-refractivity contribution in [3.8, 4) is 0 Å². The fraction of sp³-hybridized carbons (Fsp3) is 0.833. The number of aliphatic hydroxyl groups excluding tert-OH is 1. The van der Waals surface area contributed by atoms with Crippen LogP contribution in [0, 0.1) is 0 Å². The summed E-state index contributed by atoms with van der Waals surface area (Å²) >= 11 is 1.54. The fourth-order valence-corrected chi connectivity index (χ4v) is 3.16. The van der Waals surface area contributed by atoms with Gasteiger partial charge in [-0.2, -0.15) is 4.37 Å². The van der Waals surface area contributed by atoms with Gasteiger partial charge in [0.25, 0.3) is 0 Å². The van der Waals surface area contributed by atoms with Crippen molar-refractivity contribution in [2.24, 2.45) is 0 Å². The van der Waals surface area contributed by atoms with E-state index in [1.807, 2.05) is 6.92 Å². The molecule has 1 aromatic rings. The fourth-order valence-electron chi connectivity index (χ4n) is 2.36. The lowest BCUT2D eigenvalue weighted by molar-refractivity contribution is 0.122. The molecule has 1 aromatic heterocycles. The molecule has 0 unspecified atom stereocenters. The van der Waals surface area contributed by atoms with E-state index in [1.54, 1.807) is 0 Å². The molecule has 2 fully saturated rings. The number of nitrogens with zero attached hydrogens (tertiary/aromatic N) is 4. The molecule has 6 heteroatoms. The third-order valence-electron chi connectivity index (χ3n) is 3.54. The van der Waals surface area contributed by atoms with E-state index >= 15 is 0 Å². The minimum atomic E-state index is -0.237. The van der Waals surface area contributed by atoms with E-state index in [4.69, 9.17) is 0 Å². The predicted octanol–water partition coefficient (Wildman–Crippen LogP) is 0.918. The topological polar surface area (TPSA) is 52.5 Å². The first kappa shape index (κ1) is 12.3. The molecule has 3 rings (SSSR count). The molecule has 1 aliphatic heterocycles. The van der Waals surface area contributed by atoms with Crippen LogP contribution in [0.1, 0.15) is 31.5 Å². The maximum atomic E-state index is 9.38. The zero-order valence-electron chi connectivity index (χ0n) is 10.7. The van der Waals surface area contributed by atoms with Crippen LogP contribution < -0.4 is 4.90 Å². The van der Waals surface area contributed by atoms with Gasteiger partial charge in [-0.25, -0.2) is 4.98 Å². The van der Waals surface area contributed by atoms with Crippen LogP contribution >= 0.6 is 11.5 Å². The molecule has 0 amide bonds. The summed E-state index contributed by atoms with van der Waals surface area (Å²) in [5.41, 5.74) is 0. The predicted molar refractivity (Wildman–Crippen MR) is 72.2 cm³/mol. The molecule has 100 valence electrons. The van der Waals surface area contributed by atoms with Crippen molar-refractivity contribution in [2.75, 3.05) is 37.6 Å². The molecule has 1 saturated carbocycles. The maximum Gasteiger partial charge on any atom is 0.205 e. The Morgan fingerprint density at radius 3 is 2.67 bits per heavy atom. The smallest absolute Gasteiger partial charge is 0.205 e. The molecule has 2 aliphatic rings. The first-order chi connectivity index (χ1) is 8.72. The SMILES string of the molecule is C[C@@H](O)CN1CCN(c2nc(C3CC3)ns2)CC1. The summed E-state index contributed by atoms with van der Waals surface area (Å²) in [5.74, 6) is 1.70. The lowest BCUT2D eigenvalue weighted by atomic mass is 10.3. The zero-order valence-corrected chi connectivity index (χ0v) is 11.6. The Morgan fingerprint density at radius 2 is 2.06 bits per heavy atom. The van der Waals surface area contributed by atoms with Gasteiger partial charge in [0.1, 0.15) is 5.82 Å². The van der Waals surface area contributed by atoms with E-state index in [0.29, 0.717) is 5.92 Å². The van der Waals surface area contributed by atoms with E-state index < -0.39 is 0 Å². The number of hydrogen-bond donors (Lipinski definition) is 1. The van der Waals surface area contributed by atoms with E-state index in [0.717, 1.165) is 43.7 Å². The molecule has 1 saturated heterocycles. The van der Waals surface area contributed by atoms with Gasteiger partial charge in [0.2, 0.25) is 5.13 Å². The van der Waals surface area contributed by atoms with Gasteiger partial charge in [-0.15, -0.1) is 0 Å². The minimum Gasteiger partial charge on any atom is -0.392 e. The van der Waals surface area contributed by atoms with Gasteiger partial charge >= 0.3 is 0 Å². The largest absolute Gasteiger partial charge is 0.392 e. The van der Waals surface area contributed by atoms with Crippen molar-refractivity contribution in [1.29, 1.82) is 0 Å². The van der Waals surface area contributed by atoms with Crippen molar-refractivity contribution < 1.29 is 5.11 Å². The van der Waals surface area contributed by atoms with Gasteiger partial charge in [0.05, 0.1) is 6.10 Å². The molecule has 0 radical (unpaired) electrons. The Labute approximate surface area is 112 Å². The monoisotopic (exact) mass is 268 g/mol. The van der Waals surface area contributed by atoms with Crippen molar-refractivity contribution in [1.82, 2.24) is 14.3 Å². The molecule has 0 spiro atoms. The van der Waals surface area contributed by atoms with Gasteiger partial charge in [0, 0.05) is 50.2 Å². The molecule has 18 heavy (non-hydrogen) atoms. The summed E-state index contributed by atoms with van der Waals surface area (Å²) in [6, 6.07) is 0. The summed E-state index contributed by atoms with van der Waals surface area (Å²) in [7, 11) is 0. The van der Waals surface area contributed by atoms with Gasteiger partial charge in [-0.1, -0.05) is 0 Å². The molecule has 1 atom stereocenters. The minimum absolute atomic E-state index is 0.237. The van der Waals surface area contributed by atoms with Gasteiger partial charge < -0.3 is 10.0 Å². The van der Waals surface area contributed by atoms with Gasteiger partial charge in [-0.3, -0.25) is 4.90 Å². The van der Waals surface area contributed by atoms with E-state index in [1.165, 1.54) is 24.4 Å². The highest BCUT2D eigenvalue weighted by Crippen LogP contribution is 2.39. The third kappa shape index (κ3) is 2.81. The van der Waals surface area contributed by atoms with E-state index in [-0.39, 0.29) is 6.10 Å². The molecular formula is C12H20N4OS. The highest BCUT2D eigenvalue weighted by atomic mass is 32.1. The van der Waals surface area contributed by atoms with Crippen LogP contribution in [0.4, 0.5) is 5.13 Å². The van der Waals surface area contributed by atoms with Crippen molar-refractivity contribution in [3.05, 3.63) is 5.82 Å². The summed E-state index contributed by atoms with van der Waals surface area (Å²) in [6.45, 7) is 6.61. The van der Waals surface area contributed by atoms with Crippen molar-refractivity contribution in [2.45, 2.75) is 31.8 Å². The highest BCUT2D eigenvalue weighted by molar-refractivity contribution is 7.09. The second-order valence-electron chi connectivity index (χ2n) is 5.35. The molecule has 1 N–H and O–H groups in total. The third-order valence-corrected chi connectivity index (χ3v) is 4.33. The summed E-state index contributed by atoms with van der Waals surface area (Å²) in [4.78, 5) is 9.28. The average molecular weight is 268 g/mol. The lowest BCUT2D eigenvalue weighted by Crippen LogP contribution is -2.48. The number of aromatic nitrogens is 2. The van der Waals surface area contributed by atoms with Crippen LogP contribution in [-0.2, 0) is 0 Å². The molecule has 1 aliphatic carbocycles. The molecule has 0 aromatic carbocycles. The van der Waals surface area contributed by atoms with Crippen LogP contribution in [0.15, 0.2) is 0 Å². The second-order valence-corrected chi connectivity index (χ2v) is 6.08. The standard InChI is InChI=1S/C12H20N4OS/c1-9(17)8-15-4-6-16(7-5-15)12-13-11(14-18-12)10-2-3-10/h9-10,17H,2-8H2,1H3/t9-/m1/s1. The van der Waals surface area contributed by atoms with E-state index in [9.17, 15) is 5.11 Å². The molecular weight excluding hydrogens is 248 g/mol. The Morgan fingerprint density at radius 1 is 1.33 bits per heavy atom. The average Bonchev–Trinajstić information content (AvgIpc) is 3.08. The molecule has 0 bridgehead atoms. The summed E-state index contributed by atoms with van der Waals surface area (Å²) in [5, 5.41) is 10.5. The normalized spacial score (nSPS) is 23.3. The number of aliphatic hydroxyl groups is 1. The summed E-state index contributed by atoms with van der Waals surface area (Å²) in [6.07, 6.45) is 2.29. The highest BCUT2D eigenvalue weighted by Gasteiger charge is 2.29. The summed E-state index contributed by atoms with van der Waals surface area (Å²) < 4.78 is 4.46. The molecule has 5 nitrogen and oxygen atoms in total. The number of hydrogen-bond acceptors (Lipinski definition) is 6. The van der Waals surface area contributed by atoms with Gasteiger partial charge in [0.15, 0.2) is 0 Å². The van der Waals surface area contributed by atoms with Gasteiger partial charge in [-0.05, 0) is 19.8 Å². The molecule has 2 heterocycles. The maximum absolute atomic E-state index is 9.38. The lowest BCUT2D eigenvalue weighted by Gasteiger charge is -2.34.